The summed E-state index contributed by atoms with van der Waals surface area (Å²) in [5.74, 6) is 0.458. The third-order valence-electron chi connectivity index (χ3n) is 3.57. The molecule has 1 aliphatic rings. The van der Waals surface area contributed by atoms with Crippen molar-refractivity contribution in [1.82, 2.24) is 20.0 Å². The van der Waals surface area contributed by atoms with Crippen molar-refractivity contribution >= 4 is 18.3 Å². The van der Waals surface area contributed by atoms with Gasteiger partial charge in [0, 0.05) is 37.9 Å². The summed E-state index contributed by atoms with van der Waals surface area (Å²) in [4.78, 5) is 14.1. The average molecular weight is 287 g/mol. The van der Waals surface area contributed by atoms with Crippen LogP contribution in [-0.4, -0.2) is 46.8 Å². The highest BCUT2D eigenvalue weighted by atomic mass is 35.5. The number of halogens is 1. The highest BCUT2D eigenvalue weighted by Gasteiger charge is 2.26. The molecule has 5 nitrogen and oxygen atoms in total. The molecule has 2 atom stereocenters. The van der Waals surface area contributed by atoms with Crippen molar-refractivity contribution < 1.29 is 4.79 Å². The Morgan fingerprint density at radius 3 is 3.00 bits per heavy atom. The number of hydrogen-bond acceptors (Lipinski definition) is 3. The van der Waals surface area contributed by atoms with Gasteiger partial charge in [-0.15, -0.1) is 12.4 Å². The quantitative estimate of drug-likeness (QED) is 0.903. The maximum absolute atomic E-state index is 12.3. The Kier molecular flexibility index (Phi) is 6.31. The first-order valence-electron chi connectivity index (χ1n) is 6.62. The first-order chi connectivity index (χ1) is 8.66. The van der Waals surface area contributed by atoms with E-state index in [0.717, 1.165) is 32.5 Å². The summed E-state index contributed by atoms with van der Waals surface area (Å²) in [6.45, 7) is 4.57. The van der Waals surface area contributed by atoms with Gasteiger partial charge >= 0.3 is 0 Å². The van der Waals surface area contributed by atoms with Gasteiger partial charge in [-0.2, -0.15) is 5.10 Å². The maximum atomic E-state index is 12.3. The minimum atomic E-state index is 0. The molecule has 0 saturated carbocycles. The minimum absolute atomic E-state index is 0. The lowest BCUT2D eigenvalue weighted by molar-refractivity contribution is -0.135. The van der Waals surface area contributed by atoms with Crippen LogP contribution in [0.2, 0.25) is 0 Å². The highest BCUT2D eigenvalue weighted by molar-refractivity contribution is 5.85. The Labute approximate surface area is 120 Å². The minimum Gasteiger partial charge on any atom is -0.344 e. The zero-order valence-electron chi connectivity index (χ0n) is 11.6. The Morgan fingerprint density at radius 1 is 1.58 bits per heavy atom. The predicted molar refractivity (Wildman–Crippen MR) is 77.3 cm³/mol. The summed E-state index contributed by atoms with van der Waals surface area (Å²) in [6.07, 6.45) is 5.58. The zero-order chi connectivity index (χ0) is 13.0. The molecule has 1 aliphatic heterocycles. The van der Waals surface area contributed by atoms with Crippen LogP contribution in [0.25, 0.3) is 0 Å². The van der Waals surface area contributed by atoms with E-state index in [0.29, 0.717) is 6.04 Å². The van der Waals surface area contributed by atoms with E-state index >= 15 is 0 Å². The van der Waals surface area contributed by atoms with Crippen LogP contribution in [0.4, 0.5) is 0 Å². The Morgan fingerprint density at radius 2 is 2.37 bits per heavy atom. The molecule has 1 aromatic rings. The number of rotatable bonds is 4. The fourth-order valence-electron chi connectivity index (χ4n) is 2.46. The van der Waals surface area contributed by atoms with Crippen LogP contribution in [0.3, 0.4) is 0 Å². The van der Waals surface area contributed by atoms with Gasteiger partial charge in [-0.25, -0.2) is 0 Å². The molecule has 1 aromatic heterocycles. The van der Waals surface area contributed by atoms with Gasteiger partial charge in [0.1, 0.15) is 0 Å². The number of nitrogens with zero attached hydrogens (tertiary/aromatic N) is 3. The molecule has 0 bridgehead atoms. The monoisotopic (exact) mass is 286 g/mol. The molecule has 0 aliphatic carbocycles. The van der Waals surface area contributed by atoms with Crippen molar-refractivity contribution in [3.05, 3.63) is 18.5 Å². The summed E-state index contributed by atoms with van der Waals surface area (Å²) in [5, 5.41) is 7.52. The summed E-state index contributed by atoms with van der Waals surface area (Å²) >= 11 is 0. The van der Waals surface area contributed by atoms with E-state index in [1.807, 2.05) is 28.9 Å². The van der Waals surface area contributed by atoms with Gasteiger partial charge in [-0.05, 0) is 32.4 Å². The third-order valence-corrected chi connectivity index (χ3v) is 3.57. The molecule has 1 fully saturated rings. The van der Waals surface area contributed by atoms with Crippen molar-refractivity contribution in [3.63, 3.8) is 0 Å². The van der Waals surface area contributed by atoms with Gasteiger partial charge in [0.25, 0.3) is 0 Å². The molecular weight excluding hydrogens is 264 g/mol. The zero-order valence-corrected chi connectivity index (χ0v) is 12.4. The number of aromatic nitrogens is 2. The predicted octanol–water partition coefficient (Wildman–Crippen LogP) is 1.15. The van der Waals surface area contributed by atoms with E-state index in [9.17, 15) is 4.79 Å². The van der Waals surface area contributed by atoms with Gasteiger partial charge in [0.15, 0.2) is 0 Å². The van der Waals surface area contributed by atoms with Gasteiger partial charge in [-0.1, -0.05) is 0 Å². The molecule has 19 heavy (non-hydrogen) atoms. The maximum Gasteiger partial charge on any atom is 0.225 e. The second-order valence-corrected chi connectivity index (χ2v) is 5.11. The van der Waals surface area contributed by atoms with Gasteiger partial charge in [-0.3, -0.25) is 9.48 Å². The first-order valence-corrected chi connectivity index (χ1v) is 6.62. The number of hydrogen-bond donors (Lipinski definition) is 1. The normalized spacial score (nSPS) is 22.6. The van der Waals surface area contributed by atoms with E-state index in [1.165, 1.54) is 0 Å². The molecule has 0 unspecified atom stereocenters. The number of amides is 1. The van der Waals surface area contributed by atoms with Crippen LogP contribution < -0.4 is 5.32 Å². The number of likely N-dealkylation sites (N-methyl/N-ethyl adjacent to an activating group) is 1. The highest BCUT2D eigenvalue weighted by Crippen LogP contribution is 2.18. The number of nitrogens with one attached hydrogen (secondary N) is 1. The molecule has 0 radical (unpaired) electrons. The van der Waals surface area contributed by atoms with Crippen molar-refractivity contribution in [2.45, 2.75) is 32.4 Å². The van der Waals surface area contributed by atoms with Crippen LogP contribution in [0, 0.1) is 5.92 Å². The summed E-state index contributed by atoms with van der Waals surface area (Å²) < 4.78 is 1.86. The van der Waals surface area contributed by atoms with E-state index < -0.39 is 0 Å². The van der Waals surface area contributed by atoms with E-state index in [1.54, 1.807) is 6.20 Å². The molecule has 1 saturated heterocycles. The van der Waals surface area contributed by atoms with Crippen molar-refractivity contribution in [3.8, 4) is 0 Å². The van der Waals surface area contributed by atoms with E-state index in [2.05, 4.69) is 17.3 Å². The van der Waals surface area contributed by atoms with E-state index in [4.69, 9.17) is 0 Å². The number of carbonyl (C=O) groups excluding carboxylic acids is 1. The van der Waals surface area contributed by atoms with Crippen LogP contribution in [0.15, 0.2) is 18.5 Å². The summed E-state index contributed by atoms with van der Waals surface area (Å²) in [5.41, 5.74) is 0. The SMILES string of the molecule is C[C@H]1C[C@@H](C(=O)N(C)CCn2cccn2)CCN1.Cl. The van der Waals surface area contributed by atoms with Gasteiger partial charge < -0.3 is 10.2 Å². The molecule has 2 heterocycles. The van der Waals surface area contributed by atoms with Crippen LogP contribution in [0.5, 0.6) is 0 Å². The van der Waals surface area contributed by atoms with Crippen molar-refractivity contribution in [2.75, 3.05) is 20.1 Å². The van der Waals surface area contributed by atoms with Crippen molar-refractivity contribution in [1.29, 1.82) is 0 Å². The topological polar surface area (TPSA) is 50.2 Å². The molecule has 6 heteroatoms. The molecule has 108 valence electrons. The third kappa shape index (κ3) is 4.51. The Balaban J connectivity index is 0.00000180. The average Bonchev–Trinajstić information content (AvgIpc) is 2.88. The smallest absolute Gasteiger partial charge is 0.225 e. The second kappa shape index (κ2) is 7.50. The molecule has 1 N–H and O–H groups in total. The number of carbonyl (C=O) groups is 1. The molecule has 1 amide bonds. The summed E-state index contributed by atoms with van der Waals surface area (Å²) in [6, 6.07) is 2.35. The summed E-state index contributed by atoms with van der Waals surface area (Å²) in [7, 11) is 1.89. The fourth-order valence-corrected chi connectivity index (χ4v) is 2.46. The van der Waals surface area contributed by atoms with Gasteiger partial charge in [0.05, 0.1) is 6.54 Å². The molecule has 0 spiro atoms. The van der Waals surface area contributed by atoms with Crippen molar-refractivity contribution in [2.24, 2.45) is 5.92 Å². The Bertz CT molecular complexity index is 382. The fraction of sp³-hybridized carbons (Fsp3) is 0.692. The molecule has 0 aromatic carbocycles. The molecule has 2 rings (SSSR count). The van der Waals surface area contributed by atoms with Crippen LogP contribution in [-0.2, 0) is 11.3 Å². The Hall–Kier alpha value is -1.07. The standard InChI is InChI=1S/C13H22N4O.ClH/c1-11-10-12(4-6-14-11)13(18)16(2)8-9-17-7-3-5-15-17;/h3,5,7,11-12,14H,4,6,8-10H2,1-2H3;1H/t11-,12-;/m0./s1. The van der Waals surface area contributed by atoms with E-state index in [-0.39, 0.29) is 24.2 Å². The van der Waals surface area contributed by atoms with Gasteiger partial charge in [0.2, 0.25) is 5.91 Å². The largest absolute Gasteiger partial charge is 0.344 e. The van der Waals surface area contributed by atoms with Crippen LogP contribution in [0.1, 0.15) is 19.8 Å². The second-order valence-electron chi connectivity index (χ2n) is 5.11. The lowest BCUT2D eigenvalue weighted by atomic mass is 9.92. The lowest BCUT2D eigenvalue weighted by Gasteiger charge is -2.30. The first kappa shape index (κ1) is 16.0. The lowest BCUT2D eigenvalue weighted by Crippen LogP contribution is -2.43. The molecular formula is C13H23ClN4O. The van der Waals surface area contributed by atoms with Crippen LogP contribution >= 0.6 is 12.4 Å². The number of piperidine rings is 1.